The summed E-state index contributed by atoms with van der Waals surface area (Å²) in [6.07, 6.45) is 11.0. The number of nitrogens with zero attached hydrogens (tertiary/aromatic N) is 1. The van der Waals surface area contributed by atoms with Gasteiger partial charge in [-0.05, 0) is 19.5 Å². The molecule has 0 heterocycles. The highest BCUT2D eigenvalue weighted by atomic mass is 32.7. The molecule has 0 aliphatic rings. The summed E-state index contributed by atoms with van der Waals surface area (Å²) in [5.41, 5.74) is 0. The molecule has 0 aliphatic heterocycles. The fraction of sp³-hybridized carbons (Fsp3) is 1.00. The van der Waals surface area contributed by atoms with Crippen molar-refractivity contribution in [3.63, 3.8) is 0 Å². The van der Waals surface area contributed by atoms with Gasteiger partial charge in [-0.1, -0.05) is 84.0 Å². The van der Waals surface area contributed by atoms with Crippen LogP contribution in [0.1, 0.15) is 79.1 Å². The van der Waals surface area contributed by atoms with Crippen molar-refractivity contribution in [2.75, 3.05) is 38.2 Å². The van der Waals surface area contributed by atoms with E-state index in [-0.39, 0.29) is 0 Å². The summed E-state index contributed by atoms with van der Waals surface area (Å²) in [4.78, 5) is 2.37. The molecule has 0 N–H and O–H groups in total. The minimum atomic E-state index is -2.46. The van der Waals surface area contributed by atoms with Gasteiger partial charge in [0.2, 0.25) is 0 Å². The van der Waals surface area contributed by atoms with Crippen molar-refractivity contribution in [1.82, 2.24) is 4.90 Å². The normalized spacial score (nSPS) is 14.3. The van der Waals surface area contributed by atoms with Gasteiger partial charge >= 0.3 is 0 Å². The van der Waals surface area contributed by atoms with E-state index in [1.807, 2.05) is 6.92 Å². The zero-order valence-electron chi connectivity index (χ0n) is 16.0. The van der Waals surface area contributed by atoms with Crippen LogP contribution in [0.4, 0.5) is 0 Å². The second-order valence-corrected chi connectivity index (χ2v) is 11.3. The Kier molecular flexibility index (Phi) is 16.3. The van der Waals surface area contributed by atoms with E-state index in [2.05, 4.69) is 25.7 Å². The summed E-state index contributed by atoms with van der Waals surface area (Å²) < 4.78 is 18.4. The quantitative estimate of drug-likeness (QED) is 0.219. The molecule has 0 aliphatic carbocycles. The molecule has 23 heavy (non-hydrogen) atoms. The predicted octanol–water partition coefficient (Wildman–Crippen LogP) is 6.43. The molecule has 0 saturated heterocycles. The Labute approximate surface area is 149 Å². The van der Waals surface area contributed by atoms with Gasteiger partial charge in [-0.25, -0.2) is 0 Å². The van der Waals surface area contributed by atoms with Crippen LogP contribution >= 0.6 is 18.0 Å². The standard InChI is InChI=1S/C18H40NO2PS/c1-5-9-10-11-12-13-14-15-17-21-22(20,8-4)23-18-16-19(6-2)7-3/h5-18H2,1-4H3. The summed E-state index contributed by atoms with van der Waals surface area (Å²) in [5, 5.41) is 0. The molecule has 0 spiro atoms. The highest BCUT2D eigenvalue weighted by Crippen LogP contribution is 2.59. The van der Waals surface area contributed by atoms with E-state index in [0.29, 0.717) is 12.8 Å². The van der Waals surface area contributed by atoms with E-state index < -0.39 is 6.57 Å². The van der Waals surface area contributed by atoms with Crippen LogP contribution in [0.25, 0.3) is 0 Å². The van der Waals surface area contributed by atoms with Crippen LogP contribution in [-0.2, 0) is 9.09 Å². The number of unbranched alkanes of at least 4 members (excludes halogenated alkanes) is 7. The maximum absolute atomic E-state index is 12.7. The first-order valence-corrected chi connectivity index (χ1v) is 13.1. The summed E-state index contributed by atoms with van der Waals surface area (Å²) >= 11 is 1.55. The fourth-order valence-corrected chi connectivity index (χ4v) is 6.05. The average Bonchev–Trinajstić information content (AvgIpc) is 2.57. The maximum atomic E-state index is 12.7. The van der Waals surface area contributed by atoms with Crippen molar-refractivity contribution >= 4 is 18.0 Å². The SMILES string of the molecule is CCCCCCCCCCOP(=O)(CC)SCCN(CC)CC. The Morgan fingerprint density at radius 1 is 0.870 bits per heavy atom. The van der Waals surface area contributed by atoms with Gasteiger partial charge in [-0.15, -0.1) is 0 Å². The van der Waals surface area contributed by atoms with Crippen LogP contribution in [0, 0.1) is 0 Å². The Morgan fingerprint density at radius 3 is 1.96 bits per heavy atom. The van der Waals surface area contributed by atoms with Crippen LogP contribution < -0.4 is 0 Å². The zero-order valence-corrected chi connectivity index (χ0v) is 17.7. The lowest BCUT2D eigenvalue weighted by molar-refractivity contribution is 0.311. The Hall–Kier alpha value is 0.500. The monoisotopic (exact) mass is 365 g/mol. The number of rotatable bonds is 17. The maximum Gasteiger partial charge on any atom is 0.257 e. The van der Waals surface area contributed by atoms with Crippen LogP contribution in [0.15, 0.2) is 0 Å². The number of hydrogen-bond acceptors (Lipinski definition) is 4. The predicted molar refractivity (Wildman–Crippen MR) is 107 cm³/mol. The second kappa shape index (κ2) is 16.0. The zero-order chi connectivity index (χ0) is 17.4. The highest BCUT2D eigenvalue weighted by Gasteiger charge is 2.21. The molecular formula is C18H40NO2PS. The van der Waals surface area contributed by atoms with E-state index in [1.54, 1.807) is 11.4 Å². The van der Waals surface area contributed by atoms with Crippen LogP contribution in [0.2, 0.25) is 0 Å². The van der Waals surface area contributed by atoms with Gasteiger partial charge in [0.25, 0.3) is 6.57 Å². The van der Waals surface area contributed by atoms with Crippen LogP contribution in [0.3, 0.4) is 0 Å². The Morgan fingerprint density at radius 2 is 1.43 bits per heavy atom. The summed E-state index contributed by atoms with van der Waals surface area (Å²) in [7, 11) is 0. The van der Waals surface area contributed by atoms with Crippen molar-refractivity contribution in [2.24, 2.45) is 0 Å². The molecule has 0 rings (SSSR count). The van der Waals surface area contributed by atoms with Crippen molar-refractivity contribution in [1.29, 1.82) is 0 Å². The largest absolute Gasteiger partial charge is 0.321 e. The van der Waals surface area contributed by atoms with E-state index in [1.165, 1.54) is 44.9 Å². The van der Waals surface area contributed by atoms with Gasteiger partial charge in [0.05, 0.1) is 6.61 Å². The lowest BCUT2D eigenvalue weighted by atomic mass is 10.1. The third kappa shape index (κ3) is 13.5. The molecule has 0 amide bonds. The highest BCUT2D eigenvalue weighted by molar-refractivity contribution is 8.56. The molecule has 5 heteroatoms. The fourth-order valence-electron chi connectivity index (χ4n) is 2.51. The molecule has 0 bridgehead atoms. The Bertz CT molecular complexity index is 299. The molecule has 0 saturated carbocycles. The lowest BCUT2D eigenvalue weighted by Crippen LogP contribution is -2.25. The Balaban J connectivity index is 3.68. The first-order valence-electron chi connectivity index (χ1n) is 9.72. The minimum Gasteiger partial charge on any atom is -0.321 e. The first-order chi connectivity index (χ1) is 11.1. The molecule has 0 fully saturated rings. The summed E-state index contributed by atoms with van der Waals surface area (Å²) in [6.45, 7) is 9.92. The van der Waals surface area contributed by atoms with Gasteiger partial charge in [-0.2, -0.15) is 0 Å². The minimum absolute atomic E-state index is 0.646. The molecule has 0 aromatic carbocycles. The van der Waals surface area contributed by atoms with Gasteiger partial charge in [0.1, 0.15) is 0 Å². The first kappa shape index (κ1) is 23.5. The lowest BCUT2D eigenvalue weighted by Gasteiger charge is -2.20. The van der Waals surface area contributed by atoms with Gasteiger partial charge < -0.3 is 9.42 Å². The van der Waals surface area contributed by atoms with E-state index in [4.69, 9.17) is 4.52 Å². The third-order valence-electron chi connectivity index (χ3n) is 4.26. The van der Waals surface area contributed by atoms with Crippen LogP contribution in [0.5, 0.6) is 0 Å². The van der Waals surface area contributed by atoms with E-state index in [0.717, 1.165) is 31.8 Å². The summed E-state index contributed by atoms with van der Waals surface area (Å²) in [5.74, 6) is 0.907. The topological polar surface area (TPSA) is 29.5 Å². The molecule has 140 valence electrons. The molecule has 0 aromatic heterocycles. The van der Waals surface area contributed by atoms with E-state index >= 15 is 0 Å². The summed E-state index contributed by atoms with van der Waals surface area (Å²) in [6, 6.07) is 0. The third-order valence-corrected chi connectivity index (χ3v) is 9.19. The molecule has 0 aromatic rings. The van der Waals surface area contributed by atoms with Gasteiger partial charge in [-0.3, -0.25) is 4.57 Å². The molecule has 3 nitrogen and oxygen atoms in total. The van der Waals surface area contributed by atoms with Crippen molar-refractivity contribution in [3.8, 4) is 0 Å². The van der Waals surface area contributed by atoms with Crippen LogP contribution in [-0.4, -0.2) is 43.1 Å². The molecule has 0 radical (unpaired) electrons. The van der Waals surface area contributed by atoms with Gasteiger partial charge in [0, 0.05) is 18.5 Å². The second-order valence-electron chi connectivity index (χ2n) is 6.10. The van der Waals surface area contributed by atoms with Crippen molar-refractivity contribution in [2.45, 2.75) is 79.1 Å². The molecule has 1 unspecified atom stereocenters. The smallest absolute Gasteiger partial charge is 0.257 e. The molecular weight excluding hydrogens is 325 g/mol. The van der Waals surface area contributed by atoms with Crippen molar-refractivity contribution < 1.29 is 9.09 Å². The van der Waals surface area contributed by atoms with E-state index in [9.17, 15) is 4.57 Å². The molecule has 1 atom stereocenters. The number of hydrogen-bond donors (Lipinski definition) is 0. The van der Waals surface area contributed by atoms with Gasteiger partial charge in [0.15, 0.2) is 0 Å². The average molecular weight is 366 g/mol. The van der Waals surface area contributed by atoms with Crippen molar-refractivity contribution in [3.05, 3.63) is 0 Å².